The molecule has 1 aromatic heterocycles. The molecular weight excluding hydrogens is 400 g/mol. The van der Waals surface area contributed by atoms with Gasteiger partial charge in [0.05, 0.1) is 22.5 Å². The molecule has 2 aromatic rings. The number of rotatable bonds is 8. The minimum absolute atomic E-state index is 0.242. The van der Waals surface area contributed by atoms with Crippen LogP contribution in [0.5, 0.6) is 0 Å². The fourth-order valence-electron chi connectivity index (χ4n) is 4.99. The highest BCUT2D eigenvalue weighted by Gasteiger charge is 2.28. The Morgan fingerprint density at radius 3 is 2.67 bits per heavy atom. The smallest absolute Gasteiger partial charge is 0.243 e. The molecule has 30 heavy (non-hydrogen) atoms. The van der Waals surface area contributed by atoms with Crippen LogP contribution in [-0.2, 0) is 23.1 Å². The summed E-state index contributed by atoms with van der Waals surface area (Å²) >= 11 is 0. The lowest BCUT2D eigenvalue weighted by Crippen LogP contribution is -2.35. The first-order chi connectivity index (χ1) is 14.5. The molecule has 1 unspecified atom stereocenters. The van der Waals surface area contributed by atoms with Gasteiger partial charge in [-0.2, -0.15) is 4.31 Å². The predicted octanol–water partition coefficient (Wildman–Crippen LogP) is 2.97. The maximum absolute atomic E-state index is 13.1. The SMILES string of the molecule is CCn1c(CN2CCCC2CCCO)nc2cc(S(=O)(=O)N3CCCCC3)ccc21. The minimum atomic E-state index is -3.46. The Morgan fingerprint density at radius 2 is 1.93 bits per heavy atom. The molecule has 4 rings (SSSR count). The molecule has 7 nitrogen and oxygen atoms in total. The molecule has 0 aliphatic carbocycles. The summed E-state index contributed by atoms with van der Waals surface area (Å²) in [4.78, 5) is 7.69. The highest BCUT2D eigenvalue weighted by atomic mass is 32.2. The highest BCUT2D eigenvalue weighted by molar-refractivity contribution is 7.89. The quantitative estimate of drug-likeness (QED) is 0.691. The number of aliphatic hydroxyl groups is 1. The molecule has 1 aromatic carbocycles. The minimum Gasteiger partial charge on any atom is -0.396 e. The number of aliphatic hydroxyl groups excluding tert-OH is 1. The molecule has 0 bridgehead atoms. The number of nitrogens with zero attached hydrogens (tertiary/aromatic N) is 4. The van der Waals surface area contributed by atoms with Crippen molar-refractivity contribution in [3.63, 3.8) is 0 Å². The van der Waals surface area contributed by atoms with Gasteiger partial charge >= 0.3 is 0 Å². The largest absolute Gasteiger partial charge is 0.396 e. The van der Waals surface area contributed by atoms with Crippen LogP contribution in [-0.4, -0.2) is 64.6 Å². The summed E-state index contributed by atoms with van der Waals surface area (Å²) < 4.78 is 30.0. The summed E-state index contributed by atoms with van der Waals surface area (Å²) in [5, 5.41) is 9.18. The molecule has 2 aliphatic heterocycles. The molecule has 0 spiro atoms. The zero-order chi connectivity index (χ0) is 21.1. The summed E-state index contributed by atoms with van der Waals surface area (Å²) in [5.41, 5.74) is 1.76. The van der Waals surface area contributed by atoms with Crippen molar-refractivity contribution in [2.75, 3.05) is 26.2 Å². The normalized spacial score (nSPS) is 21.6. The second-order valence-corrected chi connectivity index (χ2v) is 10.5. The van der Waals surface area contributed by atoms with Crippen molar-refractivity contribution in [3.8, 4) is 0 Å². The van der Waals surface area contributed by atoms with Crippen LogP contribution >= 0.6 is 0 Å². The summed E-state index contributed by atoms with van der Waals surface area (Å²) in [5.74, 6) is 0.996. The van der Waals surface area contributed by atoms with Crippen LogP contribution in [0.2, 0.25) is 0 Å². The second-order valence-electron chi connectivity index (χ2n) is 8.52. The average Bonchev–Trinajstić information content (AvgIpc) is 3.35. The number of sulfonamides is 1. The topological polar surface area (TPSA) is 78.7 Å². The van der Waals surface area contributed by atoms with Gasteiger partial charge < -0.3 is 9.67 Å². The first-order valence-corrected chi connectivity index (χ1v) is 12.8. The van der Waals surface area contributed by atoms with Crippen molar-refractivity contribution in [1.29, 1.82) is 0 Å². The molecule has 2 saturated heterocycles. The van der Waals surface area contributed by atoms with Crippen LogP contribution in [0.15, 0.2) is 23.1 Å². The van der Waals surface area contributed by atoms with Gasteiger partial charge in [-0.25, -0.2) is 13.4 Å². The zero-order valence-corrected chi connectivity index (χ0v) is 18.8. The first-order valence-electron chi connectivity index (χ1n) is 11.4. The lowest BCUT2D eigenvalue weighted by atomic mass is 10.1. The third-order valence-electron chi connectivity index (χ3n) is 6.61. The predicted molar refractivity (Wildman–Crippen MR) is 118 cm³/mol. The zero-order valence-electron chi connectivity index (χ0n) is 18.0. The van der Waals surface area contributed by atoms with Crippen molar-refractivity contribution in [2.24, 2.45) is 0 Å². The van der Waals surface area contributed by atoms with Crippen LogP contribution in [0.1, 0.15) is 57.7 Å². The number of aryl methyl sites for hydroxylation is 1. The highest BCUT2D eigenvalue weighted by Crippen LogP contribution is 2.27. The van der Waals surface area contributed by atoms with E-state index in [2.05, 4.69) is 16.4 Å². The van der Waals surface area contributed by atoms with Gasteiger partial charge in [0.25, 0.3) is 0 Å². The number of benzene rings is 1. The Bertz CT molecular complexity index is 966. The third-order valence-corrected chi connectivity index (χ3v) is 8.50. The maximum atomic E-state index is 13.1. The van der Waals surface area contributed by atoms with Crippen LogP contribution in [0, 0.1) is 0 Å². The Morgan fingerprint density at radius 1 is 1.13 bits per heavy atom. The van der Waals surface area contributed by atoms with E-state index in [0.717, 1.165) is 68.6 Å². The number of hydrogen-bond donors (Lipinski definition) is 1. The second kappa shape index (κ2) is 9.34. The lowest BCUT2D eigenvalue weighted by molar-refractivity contribution is 0.205. The number of hydrogen-bond acceptors (Lipinski definition) is 5. The van der Waals surface area contributed by atoms with Crippen molar-refractivity contribution < 1.29 is 13.5 Å². The molecule has 2 aliphatic rings. The monoisotopic (exact) mass is 434 g/mol. The molecule has 1 atom stereocenters. The molecule has 166 valence electrons. The van der Waals surface area contributed by atoms with Crippen molar-refractivity contribution >= 4 is 21.1 Å². The van der Waals surface area contributed by atoms with E-state index in [9.17, 15) is 13.5 Å². The maximum Gasteiger partial charge on any atom is 0.243 e. The summed E-state index contributed by atoms with van der Waals surface area (Å²) in [7, 11) is -3.46. The van der Waals surface area contributed by atoms with Gasteiger partial charge in [0.1, 0.15) is 5.82 Å². The number of imidazole rings is 1. The van der Waals surface area contributed by atoms with E-state index < -0.39 is 10.0 Å². The van der Waals surface area contributed by atoms with Gasteiger partial charge in [-0.1, -0.05) is 6.42 Å². The molecular formula is C22H34N4O3S. The summed E-state index contributed by atoms with van der Waals surface area (Å²) in [6, 6.07) is 5.91. The third kappa shape index (κ3) is 4.28. The number of likely N-dealkylation sites (tertiary alicyclic amines) is 1. The van der Waals surface area contributed by atoms with E-state index in [1.54, 1.807) is 16.4 Å². The van der Waals surface area contributed by atoms with E-state index in [1.807, 2.05) is 6.07 Å². The Hall–Kier alpha value is -1.48. The number of piperidine rings is 1. The van der Waals surface area contributed by atoms with Gasteiger partial charge in [0.2, 0.25) is 10.0 Å². The van der Waals surface area contributed by atoms with E-state index in [0.29, 0.717) is 24.0 Å². The lowest BCUT2D eigenvalue weighted by Gasteiger charge is -2.25. The fourth-order valence-corrected chi connectivity index (χ4v) is 6.52. The van der Waals surface area contributed by atoms with Gasteiger partial charge in [0.15, 0.2) is 0 Å². The van der Waals surface area contributed by atoms with E-state index >= 15 is 0 Å². The van der Waals surface area contributed by atoms with Crippen molar-refractivity contribution in [1.82, 2.24) is 18.8 Å². The molecule has 2 fully saturated rings. The van der Waals surface area contributed by atoms with Gasteiger partial charge in [-0.05, 0) is 70.2 Å². The van der Waals surface area contributed by atoms with Gasteiger partial charge in [0, 0.05) is 32.3 Å². The average molecular weight is 435 g/mol. The standard InChI is InChI=1S/C22H34N4O3S/c1-2-26-21-11-10-19(30(28,29)25-13-4-3-5-14-25)16-20(21)23-22(26)17-24-12-6-8-18(24)9-7-15-27/h10-11,16,18,27H,2-9,12-15,17H2,1H3. The van der Waals surface area contributed by atoms with Crippen LogP contribution < -0.4 is 0 Å². The Labute approximate surface area is 179 Å². The first kappa shape index (κ1) is 21.7. The molecule has 8 heteroatoms. The van der Waals surface area contributed by atoms with Crippen LogP contribution in [0.25, 0.3) is 11.0 Å². The Kier molecular flexibility index (Phi) is 6.77. The molecule has 0 radical (unpaired) electrons. The summed E-state index contributed by atoms with van der Waals surface area (Å²) in [6.45, 7) is 6.20. The van der Waals surface area contributed by atoms with Crippen LogP contribution in [0.3, 0.4) is 0 Å². The Balaban J connectivity index is 1.61. The van der Waals surface area contributed by atoms with E-state index in [1.165, 1.54) is 12.8 Å². The van der Waals surface area contributed by atoms with E-state index in [4.69, 9.17) is 4.98 Å². The molecule has 3 heterocycles. The van der Waals surface area contributed by atoms with Crippen molar-refractivity contribution in [3.05, 3.63) is 24.0 Å². The van der Waals surface area contributed by atoms with Crippen LogP contribution in [0.4, 0.5) is 0 Å². The van der Waals surface area contributed by atoms with E-state index in [-0.39, 0.29) is 6.61 Å². The van der Waals surface area contributed by atoms with Crippen molar-refractivity contribution in [2.45, 2.75) is 75.9 Å². The number of fused-ring (bicyclic) bond motifs is 1. The van der Waals surface area contributed by atoms with Gasteiger partial charge in [-0.3, -0.25) is 4.90 Å². The van der Waals surface area contributed by atoms with Gasteiger partial charge in [-0.15, -0.1) is 0 Å². The molecule has 1 N–H and O–H groups in total. The molecule has 0 saturated carbocycles. The molecule has 0 amide bonds. The fraction of sp³-hybridized carbons (Fsp3) is 0.682. The summed E-state index contributed by atoms with van der Waals surface area (Å²) in [6.07, 6.45) is 7.17. The number of aromatic nitrogens is 2.